The number of methoxy groups -OCH3 is 2. The molecule has 1 aromatic rings. The second-order valence-corrected chi connectivity index (χ2v) is 7.31. The van der Waals surface area contributed by atoms with Crippen LogP contribution in [0.15, 0.2) is 12.1 Å². The van der Waals surface area contributed by atoms with Gasteiger partial charge in [-0.25, -0.2) is 0 Å². The number of benzene rings is 1. The number of nitro groups is 1. The largest absolute Gasteiger partial charge is 0.382 e. The summed E-state index contributed by atoms with van der Waals surface area (Å²) < 4.78 is 10.8. The number of ether oxygens (including phenoxy) is 2. The van der Waals surface area contributed by atoms with Gasteiger partial charge in [-0.1, -0.05) is 0 Å². The quantitative estimate of drug-likeness (QED) is 0.556. The van der Waals surface area contributed by atoms with E-state index >= 15 is 0 Å². The van der Waals surface area contributed by atoms with Crippen molar-refractivity contribution in [2.75, 3.05) is 24.9 Å². The van der Waals surface area contributed by atoms with Crippen LogP contribution in [0.1, 0.15) is 44.1 Å². The first kappa shape index (κ1) is 19.4. The summed E-state index contributed by atoms with van der Waals surface area (Å²) in [6.07, 6.45) is 5.84. The molecule has 0 heterocycles. The molecular weight excluding hydrogens is 348 g/mol. The number of nitriles is 1. The summed E-state index contributed by atoms with van der Waals surface area (Å²) in [5, 5.41) is 27.7. The summed E-state index contributed by atoms with van der Waals surface area (Å²) in [4.78, 5) is 11.1. The molecule has 0 aliphatic heterocycles. The standard InChI is InChI=1S/C19H26N4O4/c1-26-16-5-3-13(8-16)21-15-7-12(11-20)19(23(24)25)18(10-15)22-14-4-6-17(9-14)27-2/h7,10,13-14,16-17,21-22H,3-6,8-9H2,1-2H3. The van der Waals surface area contributed by atoms with Crippen molar-refractivity contribution in [2.24, 2.45) is 0 Å². The Balaban J connectivity index is 1.83. The third-order valence-corrected chi connectivity index (χ3v) is 5.58. The van der Waals surface area contributed by atoms with Gasteiger partial charge in [-0.3, -0.25) is 10.1 Å². The summed E-state index contributed by atoms with van der Waals surface area (Å²) >= 11 is 0. The molecule has 146 valence electrons. The van der Waals surface area contributed by atoms with Gasteiger partial charge in [-0.05, 0) is 50.7 Å². The van der Waals surface area contributed by atoms with Gasteiger partial charge in [0.1, 0.15) is 17.3 Å². The van der Waals surface area contributed by atoms with E-state index in [1.165, 1.54) is 0 Å². The Bertz CT molecular complexity index is 733. The van der Waals surface area contributed by atoms with E-state index in [9.17, 15) is 15.4 Å². The van der Waals surface area contributed by atoms with Crippen molar-refractivity contribution >= 4 is 17.1 Å². The van der Waals surface area contributed by atoms with E-state index in [1.807, 2.05) is 6.07 Å². The summed E-state index contributed by atoms with van der Waals surface area (Å²) in [5.41, 5.74) is 1.02. The number of rotatable bonds is 7. The summed E-state index contributed by atoms with van der Waals surface area (Å²) in [7, 11) is 3.40. The molecule has 2 saturated carbocycles. The zero-order chi connectivity index (χ0) is 19.4. The SMILES string of the molecule is COC1CCC(Nc2cc(C#N)c([N+](=O)[O-])c(NC3CCC(OC)C3)c2)C1. The van der Waals surface area contributed by atoms with E-state index in [2.05, 4.69) is 10.6 Å². The van der Waals surface area contributed by atoms with E-state index in [0.717, 1.165) is 44.2 Å². The molecular formula is C19H26N4O4. The lowest BCUT2D eigenvalue weighted by atomic mass is 10.1. The van der Waals surface area contributed by atoms with E-state index in [4.69, 9.17) is 9.47 Å². The maximum atomic E-state index is 11.6. The molecule has 2 N–H and O–H groups in total. The Morgan fingerprint density at radius 2 is 1.67 bits per heavy atom. The van der Waals surface area contributed by atoms with E-state index in [-0.39, 0.29) is 35.5 Å². The molecule has 0 amide bonds. The molecule has 0 radical (unpaired) electrons. The third-order valence-electron chi connectivity index (χ3n) is 5.58. The van der Waals surface area contributed by atoms with Gasteiger partial charge in [0.05, 0.1) is 17.1 Å². The van der Waals surface area contributed by atoms with Crippen LogP contribution in [0.5, 0.6) is 0 Å². The molecule has 27 heavy (non-hydrogen) atoms. The number of nitrogens with one attached hydrogen (secondary N) is 2. The second kappa shape index (κ2) is 8.55. The molecule has 0 spiro atoms. The fourth-order valence-electron chi connectivity index (χ4n) is 4.14. The van der Waals surface area contributed by atoms with Gasteiger partial charge in [0, 0.05) is 32.0 Å². The van der Waals surface area contributed by atoms with Crippen LogP contribution in [-0.2, 0) is 9.47 Å². The first-order chi connectivity index (χ1) is 13.0. The van der Waals surface area contributed by atoms with Crippen LogP contribution in [0.2, 0.25) is 0 Å². The summed E-state index contributed by atoms with van der Waals surface area (Å²) in [6.45, 7) is 0. The highest BCUT2D eigenvalue weighted by Gasteiger charge is 2.29. The molecule has 0 bridgehead atoms. The maximum Gasteiger partial charge on any atom is 0.310 e. The molecule has 0 saturated heterocycles. The molecule has 8 heteroatoms. The summed E-state index contributed by atoms with van der Waals surface area (Å²) in [6, 6.07) is 5.62. The Kier molecular flexibility index (Phi) is 6.14. The molecule has 0 aromatic heterocycles. The Morgan fingerprint density at radius 3 is 2.15 bits per heavy atom. The average Bonchev–Trinajstić information content (AvgIpc) is 3.30. The van der Waals surface area contributed by atoms with Gasteiger partial charge in [0.25, 0.3) is 0 Å². The van der Waals surface area contributed by atoms with Crippen LogP contribution in [0.3, 0.4) is 0 Å². The number of nitrogens with zero attached hydrogens (tertiary/aromatic N) is 2. The molecule has 4 atom stereocenters. The fourth-order valence-corrected chi connectivity index (χ4v) is 4.14. The van der Waals surface area contributed by atoms with Gasteiger partial charge in [0.15, 0.2) is 0 Å². The minimum atomic E-state index is -0.482. The molecule has 8 nitrogen and oxygen atoms in total. The Hall–Kier alpha value is -2.37. The topological polar surface area (TPSA) is 109 Å². The molecule has 3 rings (SSSR count). The van der Waals surface area contributed by atoms with Crippen molar-refractivity contribution in [3.05, 3.63) is 27.8 Å². The van der Waals surface area contributed by atoms with Gasteiger partial charge in [-0.2, -0.15) is 5.26 Å². The number of hydrogen-bond donors (Lipinski definition) is 2. The maximum absolute atomic E-state index is 11.6. The minimum Gasteiger partial charge on any atom is -0.382 e. The number of hydrogen-bond acceptors (Lipinski definition) is 7. The molecule has 4 unspecified atom stereocenters. The van der Waals surface area contributed by atoms with Gasteiger partial charge in [-0.15, -0.1) is 0 Å². The number of anilines is 2. The predicted octanol–water partition coefficient (Wildman–Crippen LogP) is 3.43. The van der Waals surface area contributed by atoms with Crippen molar-refractivity contribution < 1.29 is 14.4 Å². The van der Waals surface area contributed by atoms with E-state index < -0.39 is 4.92 Å². The Labute approximate surface area is 159 Å². The van der Waals surface area contributed by atoms with Crippen LogP contribution in [-0.4, -0.2) is 43.4 Å². The molecule has 2 fully saturated rings. The van der Waals surface area contributed by atoms with Crippen LogP contribution < -0.4 is 10.6 Å². The van der Waals surface area contributed by atoms with Crippen molar-refractivity contribution in [1.82, 2.24) is 0 Å². The highest BCUT2D eigenvalue weighted by molar-refractivity contribution is 5.75. The zero-order valence-corrected chi connectivity index (χ0v) is 15.7. The fraction of sp³-hybridized carbons (Fsp3) is 0.632. The first-order valence-electron chi connectivity index (χ1n) is 9.35. The smallest absolute Gasteiger partial charge is 0.310 e. The lowest BCUT2D eigenvalue weighted by Gasteiger charge is -2.19. The van der Waals surface area contributed by atoms with Crippen molar-refractivity contribution in [3.8, 4) is 6.07 Å². The van der Waals surface area contributed by atoms with E-state index in [1.54, 1.807) is 26.4 Å². The van der Waals surface area contributed by atoms with Crippen molar-refractivity contribution in [1.29, 1.82) is 5.26 Å². The molecule has 2 aliphatic carbocycles. The van der Waals surface area contributed by atoms with E-state index in [0.29, 0.717) is 5.69 Å². The van der Waals surface area contributed by atoms with Crippen molar-refractivity contribution in [2.45, 2.75) is 62.8 Å². The lowest BCUT2D eigenvalue weighted by molar-refractivity contribution is -0.384. The Morgan fingerprint density at radius 1 is 1.07 bits per heavy atom. The third kappa shape index (κ3) is 4.49. The van der Waals surface area contributed by atoms with Crippen molar-refractivity contribution in [3.63, 3.8) is 0 Å². The van der Waals surface area contributed by atoms with Crippen LogP contribution in [0.25, 0.3) is 0 Å². The second-order valence-electron chi connectivity index (χ2n) is 7.31. The minimum absolute atomic E-state index is 0.0649. The molecule has 1 aromatic carbocycles. The van der Waals surface area contributed by atoms with Gasteiger partial charge in [0.2, 0.25) is 0 Å². The monoisotopic (exact) mass is 374 g/mol. The molecule has 2 aliphatic rings. The highest BCUT2D eigenvalue weighted by Crippen LogP contribution is 2.36. The highest BCUT2D eigenvalue weighted by atomic mass is 16.6. The first-order valence-corrected chi connectivity index (χ1v) is 9.35. The predicted molar refractivity (Wildman–Crippen MR) is 102 cm³/mol. The number of nitro benzene ring substituents is 1. The van der Waals surface area contributed by atoms with Gasteiger partial charge >= 0.3 is 5.69 Å². The zero-order valence-electron chi connectivity index (χ0n) is 15.7. The van der Waals surface area contributed by atoms with Crippen LogP contribution in [0, 0.1) is 21.4 Å². The van der Waals surface area contributed by atoms with Crippen LogP contribution >= 0.6 is 0 Å². The average molecular weight is 374 g/mol. The lowest BCUT2D eigenvalue weighted by Crippen LogP contribution is -2.20. The summed E-state index contributed by atoms with van der Waals surface area (Å²) in [5.74, 6) is 0. The van der Waals surface area contributed by atoms with Crippen LogP contribution in [0.4, 0.5) is 17.1 Å². The van der Waals surface area contributed by atoms with Gasteiger partial charge < -0.3 is 20.1 Å². The normalized spacial score (nSPS) is 27.3.